The van der Waals surface area contributed by atoms with E-state index in [1.54, 1.807) is 11.3 Å². The number of aromatic nitrogens is 2. The van der Waals surface area contributed by atoms with Crippen LogP contribution in [0.1, 0.15) is 30.3 Å². The second-order valence-corrected chi connectivity index (χ2v) is 5.20. The molecule has 0 saturated carbocycles. The van der Waals surface area contributed by atoms with Gasteiger partial charge in [-0.15, -0.1) is 11.3 Å². The summed E-state index contributed by atoms with van der Waals surface area (Å²) in [6, 6.07) is 4.48. The van der Waals surface area contributed by atoms with Crippen molar-refractivity contribution in [3.8, 4) is 11.3 Å². The van der Waals surface area contributed by atoms with Gasteiger partial charge < -0.3 is 5.32 Å². The Balaban J connectivity index is 1.83. The minimum Gasteiger partial charge on any atom is -0.308 e. The first kappa shape index (κ1) is 10.9. The van der Waals surface area contributed by atoms with Crippen molar-refractivity contribution in [3.05, 3.63) is 34.9 Å². The Bertz CT molecular complexity index is 474. The summed E-state index contributed by atoms with van der Waals surface area (Å²) in [4.78, 5) is 8.76. The average Bonchev–Trinajstić information content (AvgIpc) is 2.90. The van der Waals surface area contributed by atoms with Gasteiger partial charge in [0.1, 0.15) is 5.01 Å². The number of hydrogen-bond donors (Lipinski definition) is 1. The summed E-state index contributed by atoms with van der Waals surface area (Å²) in [7, 11) is 0. The molecule has 1 atom stereocenters. The van der Waals surface area contributed by atoms with Gasteiger partial charge in [-0.2, -0.15) is 0 Å². The van der Waals surface area contributed by atoms with Crippen LogP contribution in [0.5, 0.6) is 0 Å². The molecule has 88 valence electrons. The molecule has 3 rings (SSSR count). The van der Waals surface area contributed by atoms with Crippen LogP contribution < -0.4 is 5.32 Å². The number of piperidine rings is 1. The van der Waals surface area contributed by atoms with E-state index in [2.05, 4.69) is 15.7 Å². The highest BCUT2D eigenvalue weighted by Gasteiger charge is 2.18. The largest absolute Gasteiger partial charge is 0.308 e. The molecule has 1 unspecified atom stereocenters. The maximum Gasteiger partial charge on any atom is 0.110 e. The highest BCUT2D eigenvalue weighted by atomic mass is 32.1. The number of nitrogens with zero attached hydrogens (tertiary/aromatic N) is 2. The molecule has 1 N–H and O–H groups in total. The molecule has 0 aliphatic carbocycles. The van der Waals surface area contributed by atoms with Crippen molar-refractivity contribution in [2.24, 2.45) is 0 Å². The van der Waals surface area contributed by atoms with Crippen molar-refractivity contribution in [2.75, 3.05) is 6.54 Å². The standard InChI is InChI=1S/C13H15N3S/c1-2-6-15-11(3-1)13-16-12(9-17-13)10-4-7-14-8-5-10/h4-5,7-9,11,15H,1-3,6H2. The monoisotopic (exact) mass is 245 g/mol. The lowest BCUT2D eigenvalue weighted by Crippen LogP contribution is -2.26. The fourth-order valence-electron chi connectivity index (χ4n) is 2.17. The van der Waals surface area contributed by atoms with E-state index in [1.165, 1.54) is 24.3 Å². The zero-order chi connectivity index (χ0) is 11.5. The molecule has 1 aliphatic rings. The maximum atomic E-state index is 4.73. The maximum absolute atomic E-state index is 4.73. The van der Waals surface area contributed by atoms with Crippen LogP contribution in [-0.2, 0) is 0 Å². The first-order valence-corrected chi connectivity index (χ1v) is 6.90. The summed E-state index contributed by atoms with van der Waals surface area (Å²) in [5, 5.41) is 6.89. The van der Waals surface area contributed by atoms with Gasteiger partial charge in [0, 0.05) is 23.3 Å². The van der Waals surface area contributed by atoms with Crippen LogP contribution in [0.25, 0.3) is 11.3 Å². The summed E-state index contributed by atoms with van der Waals surface area (Å²) in [6.07, 6.45) is 7.44. The van der Waals surface area contributed by atoms with E-state index >= 15 is 0 Å². The van der Waals surface area contributed by atoms with Gasteiger partial charge in [0.15, 0.2) is 0 Å². The molecule has 4 heteroatoms. The molecule has 1 aliphatic heterocycles. The van der Waals surface area contributed by atoms with E-state index in [9.17, 15) is 0 Å². The molecule has 3 nitrogen and oxygen atoms in total. The third kappa shape index (κ3) is 2.37. The van der Waals surface area contributed by atoms with Crippen LogP contribution in [0.4, 0.5) is 0 Å². The molecule has 3 heterocycles. The molecule has 0 bridgehead atoms. The predicted molar refractivity (Wildman–Crippen MR) is 69.9 cm³/mol. The van der Waals surface area contributed by atoms with E-state index in [-0.39, 0.29) is 0 Å². The molecule has 0 spiro atoms. The zero-order valence-corrected chi connectivity index (χ0v) is 10.4. The summed E-state index contributed by atoms with van der Waals surface area (Å²) in [5.74, 6) is 0. The topological polar surface area (TPSA) is 37.8 Å². The second kappa shape index (κ2) is 4.94. The summed E-state index contributed by atoms with van der Waals surface area (Å²) < 4.78 is 0. The van der Waals surface area contributed by atoms with E-state index in [0.717, 1.165) is 17.8 Å². The molecule has 1 fully saturated rings. The minimum absolute atomic E-state index is 0.462. The lowest BCUT2D eigenvalue weighted by Gasteiger charge is -2.21. The third-order valence-electron chi connectivity index (χ3n) is 3.11. The van der Waals surface area contributed by atoms with Crippen molar-refractivity contribution in [2.45, 2.75) is 25.3 Å². The van der Waals surface area contributed by atoms with Gasteiger partial charge >= 0.3 is 0 Å². The Labute approximate surface area is 105 Å². The summed E-state index contributed by atoms with van der Waals surface area (Å²) >= 11 is 1.76. The molecular weight excluding hydrogens is 230 g/mol. The van der Waals surface area contributed by atoms with E-state index in [4.69, 9.17) is 4.98 Å². The van der Waals surface area contributed by atoms with E-state index in [0.29, 0.717) is 6.04 Å². The number of thiazole rings is 1. The Morgan fingerprint density at radius 1 is 1.24 bits per heavy atom. The molecule has 2 aromatic rings. The number of hydrogen-bond acceptors (Lipinski definition) is 4. The van der Waals surface area contributed by atoms with Gasteiger partial charge in [-0.25, -0.2) is 4.98 Å². The van der Waals surface area contributed by atoms with Crippen LogP contribution in [0.15, 0.2) is 29.9 Å². The van der Waals surface area contributed by atoms with Gasteiger partial charge in [0.25, 0.3) is 0 Å². The molecule has 17 heavy (non-hydrogen) atoms. The van der Waals surface area contributed by atoms with Crippen LogP contribution in [-0.4, -0.2) is 16.5 Å². The quantitative estimate of drug-likeness (QED) is 0.883. The lowest BCUT2D eigenvalue weighted by molar-refractivity contribution is 0.411. The van der Waals surface area contributed by atoms with Crippen LogP contribution in [0.3, 0.4) is 0 Å². The molecule has 2 aromatic heterocycles. The summed E-state index contributed by atoms with van der Waals surface area (Å²) in [6.45, 7) is 1.12. The number of pyridine rings is 1. The highest BCUT2D eigenvalue weighted by molar-refractivity contribution is 7.10. The molecule has 0 radical (unpaired) electrons. The smallest absolute Gasteiger partial charge is 0.110 e. The van der Waals surface area contributed by atoms with Crippen molar-refractivity contribution in [1.29, 1.82) is 0 Å². The third-order valence-corrected chi connectivity index (χ3v) is 4.06. The fraction of sp³-hybridized carbons (Fsp3) is 0.385. The number of nitrogens with one attached hydrogen (secondary N) is 1. The predicted octanol–water partition coefficient (Wildman–Crippen LogP) is 3.02. The highest BCUT2D eigenvalue weighted by Crippen LogP contribution is 2.29. The van der Waals surface area contributed by atoms with Gasteiger partial charge in [0.05, 0.1) is 11.7 Å². The lowest BCUT2D eigenvalue weighted by atomic mass is 10.1. The van der Waals surface area contributed by atoms with Crippen LogP contribution in [0.2, 0.25) is 0 Å². The normalized spacial score (nSPS) is 20.4. The van der Waals surface area contributed by atoms with Gasteiger partial charge in [-0.3, -0.25) is 4.98 Å². The molecule has 0 amide bonds. The van der Waals surface area contributed by atoms with Gasteiger partial charge in [0.2, 0.25) is 0 Å². The average molecular weight is 245 g/mol. The van der Waals surface area contributed by atoms with Crippen molar-refractivity contribution in [1.82, 2.24) is 15.3 Å². The van der Waals surface area contributed by atoms with E-state index in [1.807, 2.05) is 24.5 Å². The van der Waals surface area contributed by atoms with Gasteiger partial charge in [-0.05, 0) is 31.5 Å². The van der Waals surface area contributed by atoms with E-state index < -0.39 is 0 Å². The second-order valence-electron chi connectivity index (χ2n) is 4.31. The Hall–Kier alpha value is -1.26. The molecule has 1 saturated heterocycles. The van der Waals surface area contributed by atoms with Crippen molar-refractivity contribution in [3.63, 3.8) is 0 Å². The molecular formula is C13H15N3S. The first-order valence-electron chi connectivity index (χ1n) is 6.03. The molecule has 0 aromatic carbocycles. The number of rotatable bonds is 2. The fourth-order valence-corrected chi connectivity index (χ4v) is 3.10. The van der Waals surface area contributed by atoms with Crippen LogP contribution >= 0.6 is 11.3 Å². The van der Waals surface area contributed by atoms with Crippen molar-refractivity contribution >= 4 is 11.3 Å². The zero-order valence-electron chi connectivity index (χ0n) is 9.60. The Morgan fingerprint density at radius 3 is 2.88 bits per heavy atom. The van der Waals surface area contributed by atoms with Crippen molar-refractivity contribution < 1.29 is 0 Å². The first-order chi connectivity index (χ1) is 8.43. The minimum atomic E-state index is 0.462. The van der Waals surface area contributed by atoms with Gasteiger partial charge in [-0.1, -0.05) is 6.42 Å². The van der Waals surface area contributed by atoms with Crippen LogP contribution in [0, 0.1) is 0 Å². The Morgan fingerprint density at radius 2 is 2.12 bits per heavy atom. The Kier molecular flexibility index (Phi) is 3.16. The summed E-state index contributed by atoms with van der Waals surface area (Å²) in [5.41, 5.74) is 2.22. The SMILES string of the molecule is c1cc(-c2csc(C3CCCCN3)n2)ccn1.